The zero-order valence-electron chi connectivity index (χ0n) is 11.4. The van der Waals surface area contributed by atoms with E-state index in [1.165, 1.54) is 13.2 Å². The minimum atomic E-state index is -1.06. The van der Waals surface area contributed by atoms with Crippen molar-refractivity contribution in [3.63, 3.8) is 0 Å². The maximum Gasteiger partial charge on any atom is 0.313 e. The molecule has 0 saturated heterocycles. The summed E-state index contributed by atoms with van der Waals surface area (Å²) in [6.45, 7) is 4.88. The van der Waals surface area contributed by atoms with Crippen LogP contribution >= 0.6 is 12.4 Å². The lowest BCUT2D eigenvalue weighted by Crippen LogP contribution is -2.37. The quantitative estimate of drug-likeness (QED) is 0.839. The van der Waals surface area contributed by atoms with E-state index in [1.807, 2.05) is 0 Å². The van der Waals surface area contributed by atoms with E-state index in [9.17, 15) is 14.3 Å². The van der Waals surface area contributed by atoms with E-state index < -0.39 is 29.0 Å². The molecule has 19 heavy (non-hydrogen) atoms. The molecule has 0 amide bonds. The van der Waals surface area contributed by atoms with Gasteiger partial charge < -0.3 is 15.6 Å². The van der Waals surface area contributed by atoms with Crippen LogP contribution in [0.5, 0.6) is 5.75 Å². The smallest absolute Gasteiger partial charge is 0.313 e. The van der Waals surface area contributed by atoms with E-state index in [4.69, 9.17) is 5.73 Å². The van der Waals surface area contributed by atoms with Crippen LogP contribution in [0.15, 0.2) is 12.1 Å². The lowest BCUT2D eigenvalue weighted by molar-refractivity contribution is -0.152. The highest BCUT2D eigenvalue weighted by molar-refractivity contribution is 5.85. The highest BCUT2D eigenvalue weighted by Crippen LogP contribution is 2.39. The number of ether oxygens (including phenoxy) is 1. The largest absolute Gasteiger partial charge is 0.505 e. The Kier molecular flexibility index (Phi) is 5.78. The first-order valence-electron chi connectivity index (χ1n) is 5.55. The molecular weight excluding hydrogens is 273 g/mol. The molecule has 3 N–H and O–H groups in total. The Hall–Kier alpha value is -1.33. The summed E-state index contributed by atoms with van der Waals surface area (Å²) < 4.78 is 18.0. The van der Waals surface area contributed by atoms with Crippen LogP contribution in [-0.2, 0) is 9.53 Å². The first-order valence-corrected chi connectivity index (χ1v) is 5.55. The Bertz CT molecular complexity index is 477. The van der Waals surface area contributed by atoms with Crippen molar-refractivity contribution < 1.29 is 19.0 Å². The number of methoxy groups -OCH3 is 1. The van der Waals surface area contributed by atoms with Gasteiger partial charge in [0, 0.05) is 11.6 Å². The molecule has 1 aromatic carbocycles. The zero-order valence-corrected chi connectivity index (χ0v) is 12.2. The van der Waals surface area contributed by atoms with Gasteiger partial charge in [0.15, 0.2) is 11.6 Å². The van der Waals surface area contributed by atoms with Crippen LogP contribution in [-0.4, -0.2) is 18.2 Å². The molecule has 0 saturated carbocycles. The minimum absolute atomic E-state index is 0. The van der Waals surface area contributed by atoms with Gasteiger partial charge in [-0.25, -0.2) is 4.39 Å². The summed E-state index contributed by atoms with van der Waals surface area (Å²) in [5, 5.41) is 9.76. The molecule has 0 fully saturated rings. The molecule has 0 radical (unpaired) electrons. The summed E-state index contributed by atoms with van der Waals surface area (Å²) >= 11 is 0. The van der Waals surface area contributed by atoms with Crippen molar-refractivity contribution in [2.45, 2.75) is 26.8 Å². The molecule has 0 aliphatic heterocycles. The molecule has 1 aromatic rings. The van der Waals surface area contributed by atoms with Crippen molar-refractivity contribution in [2.24, 2.45) is 11.1 Å². The maximum atomic E-state index is 13.4. The Morgan fingerprint density at radius 2 is 2.00 bits per heavy atom. The lowest BCUT2D eigenvalue weighted by Gasteiger charge is -2.30. The van der Waals surface area contributed by atoms with Gasteiger partial charge in [0.2, 0.25) is 0 Å². The third-order valence-corrected chi connectivity index (χ3v) is 3.19. The fraction of sp³-hybridized carbons (Fsp3) is 0.462. The standard InChI is InChI=1S/C13H18FNO3.ClH/c1-7-5-6-8(14)10(16)9(7)11(15)13(2,3)12(17)18-4;/h5-6,11,16H,15H2,1-4H3;1H/t11-;/m0./s1. The average molecular weight is 292 g/mol. The topological polar surface area (TPSA) is 72.5 Å². The van der Waals surface area contributed by atoms with Crippen molar-refractivity contribution in [2.75, 3.05) is 7.11 Å². The van der Waals surface area contributed by atoms with Gasteiger partial charge in [-0.05, 0) is 32.4 Å². The molecule has 0 heterocycles. The summed E-state index contributed by atoms with van der Waals surface area (Å²) in [4.78, 5) is 11.7. The molecule has 0 unspecified atom stereocenters. The van der Waals surface area contributed by atoms with Gasteiger partial charge in [0.05, 0.1) is 12.5 Å². The Morgan fingerprint density at radius 1 is 1.47 bits per heavy atom. The molecule has 0 aromatic heterocycles. The number of hydrogen-bond acceptors (Lipinski definition) is 4. The first-order chi connectivity index (χ1) is 8.23. The van der Waals surface area contributed by atoms with Crippen molar-refractivity contribution in [1.82, 2.24) is 0 Å². The molecule has 0 spiro atoms. The fourth-order valence-corrected chi connectivity index (χ4v) is 1.83. The molecule has 4 nitrogen and oxygen atoms in total. The predicted molar refractivity (Wildman–Crippen MR) is 72.8 cm³/mol. The number of aryl methyl sites for hydroxylation is 1. The highest BCUT2D eigenvalue weighted by Gasteiger charge is 2.38. The summed E-state index contributed by atoms with van der Waals surface area (Å²) in [5.74, 6) is -1.79. The second kappa shape index (κ2) is 6.21. The van der Waals surface area contributed by atoms with E-state index in [0.717, 1.165) is 6.07 Å². The zero-order chi connectivity index (χ0) is 14.1. The molecule has 0 aliphatic carbocycles. The summed E-state index contributed by atoms with van der Waals surface area (Å²) in [6, 6.07) is 1.81. The van der Waals surface area contributed by atoms with Crippen LogP contribution in [0.3, 0.4) is 0 Å². The van der Waals surface area contributed by atoms with Crippen molar-refractivity contribution in [3.8, 4) is 5.75 Å². The maximum absolute atomic E-state index is 13.4. The highest BCUT2D eigenvalue weighted by atomic mass is 35.5. The third kappa shape index (κ3) is 3.16. The SMILES string of the molecule is COC(=O)C(C)(C)[C@@H](N)c1c(C)ccc(F)c1O.Cl. The molecule has 1 atom stereocenters. The van der Waals surface area contributed by atoms with Crippen LogP contribution in [0, 0.1) is 18.2 Å². The van der Waals surface area contributed by atoms with Crippen LogP contribution < -0.4 is 5.73 Å². The number of rotatable bonds is 3. The van der Waals surface area contributed by atoms with Crippen LogP contribution in [0.25, 0.3) is 0 Å². The van der Waals surface area contributed by atoms with Gasteiger partial charge in [-0.1, -0.05) is 6.07 Å². The Morgan fingerprint density at radius 3 is 2.47 bits per heavy atom. The Balaban J connectivity index is 0.00000324. The number of phenols is 1. The van der Waals surface area contributed by atoms with Gasteiger partial charge >= 0.3 is 5.97 Å². The number of halogens is 2. The molecule has 6 heteroatoms. The number of carbonyl (C=O) groups excluding carboxylic acids is 1. The summed E-state index contributed by atoms with van der Waals surface area (Å²) in [5.41, 5.74) is 5.78. The number of carbonyl (C=O) groups is 1. The van der Waals surface area contributed by atoms with Gasteiger partial charge in [-0.3, -0.25) is 4.79 Å². The minimum Gasteiger partial charge on any atom is -0.505 e. The van der Waals surface area contributed by atoms with Gasteiger partial charge in [0.1, 0.15) is 0 Å². The van der Waals surface area contributed by atoms with Crippen molar-refractivity contribution in [1.29, 1.82) is 0 Å². The normalized spacial score (nSPS) is 12.5. The molecule has 0 aliphatic rings. The molecule has 1 rings (SSSR count). The number of benzene rings is 1. The van der Waals surface area contributed by atoms with Crippen LogP contribution in [0.4, 0.5) is 4.39 Å². The van der Waals surface area contributed by atoms with E-state index in [0.29, 0.717) is 5.56 Å². The number of phenolic OH excluding ortho intramolecular Hbond substituents is 1. The third-order valence-electron chi connectivity index (χ3n) is 3.19. The predicted octanol–water partition coefficient (Wildman–Crippen LogP) is 2.46. The molecule has 108 valence electrons. The monoisotopic (exact) mass is 291 g/mol. The van der Waals surface area contributed by atoms with E-state index in [-0.39, 0.29) is 18.0 Å². The summed E-state index contributed by atoms with van der Waals surface area (Å²) in [7, 11) is 1.26. The average Bonchev–Trinajstić information content (AvgIpc) is 2.33. The van der Waals surface area contributed by atoms with E-state index in [2.05, 4.69) is 4.74 Å². The van der Waals surface area contributed by atoms with Gasteiger partial charge in [0.25, 0.3) is 0 Å². The van der Waals surface area contributed by atoms with Gasteiger partial charge in [-0.2, -0.15) is 0 Å². The van der Waals surface area contributed by atoms with Crippen LogP contribution in [0.2, 0.25) is 0 Å². The lowest BCUT2D eigenvalue weighted by atomic mass is 9.79. The number of aromatic hydroxyl groups is 1. The van der Waals surface area contributed by atoms with Crippen LogP contribution in [0.1, 0.15) is 31.0 Å². The molecular formula is C13H19ClFNO3. The second-order valence-corrected chi connectivity index (χ2v) is 4.82. The van der Waals surface area contributed by atoms with Crippen molar-refractivity contribution in [3.05, 3.63) is 29.1 Å². The van der Waals surface area contributed by atoms with Gasteiger partial charge in [-0.15, -0.1) is 12.4 Å². The van der Waals surface area contributed by atoms with E-state index in [1.54, 1.807) is 20.8 Å². The number of esters is 1. The Labute approximate surface area is 118 Å². The number of nitrogens with two attached hydrogens (primary N) is 1. The second-order valence-electron chi connectivity index (χ2n) is 4.82. The first kappa shape index (κ1) is 17.7. The number of hydrogen-bond donors (Lipinski definition) is 2. The fourth-order valence-electron chi connectivity index (χ4n) is 1.83. The van der Waals surface area contributed by atoms with Crippen molar-refractivity contribution >= 4 is 18.4 Å². The summed E-state index contributed by atoms with van der Waals surface area (Å²) in [6.07, 6.45) is 0. The molecule has 0 bridgehead atoms. The van der Waals surface area contributed by atoms with E-state index >= 15 is 0 Å².